The molecule has 1 aliphatic heterocycles. The lowest BCUT2D eigenvalue weighted by Gasteiger charge is -2.34. The maximum atomic E-state index is 6.00. The molecule has 4 heteroatoms. The van der Waals surface area contributed by atoms with Crippen LogP contribution in [0.3, 0.4) is 0 Å². The molecule has 19 heavy (non-hydrogen) atoms. The van der Waals surface area contributed by atoms with Crippen LogP contribution in [-0.2, 0) is 13.0 Å². The van der Waals surface area contributed by atoms with Crippen LogP contribution in [0.2, 0.25) is 5.02 Å². The minimum atomic E-state index is 0.283. The van der Waals surface area contributed by atoms with E-state index in [2.05, 4.69) is 28.5 Å². The minimum absolute atomic E-state index is 0.283. The third-order valence-electron chi connectivity index (χ3n) is 3.76. The molecular weight excluding hydrogens is 276 g/mol. The summed E-state index contributed by atoms with van der Waals surface area (Å²) >= 11 is 7.82. The number of hydrogen-bond acceptors (Lipinski definition) is 3. The number of halogens is 1. The first kappa shape index (κ1) is 13.1. The molecule has 100 valence electrons. The van der Waals surface area contributed by atoms with Crippen molar-refractivity contribution in [1.29, 1.82) is 0 Å². The number of fused-ring (bicyclic) bond motifs is 1. The number of benzene rings is 1. The second-order valence-electron chi connectivity index (χ2n) is 4.89. The standard InChI is InChI=1S/C15H17ClN2S/c16-13-3-1-11(2-4-13)14(9-17)18-7-5-15-12(10-18)6-8-19-15/h1-4,6,8,14H,5,7,9-10,17H2/t14-/m0/s1. The highest BCUT2D eigenvalue weighted by Crippen LogP contribution is 2.30. The van der Waals surface area contributed by atoms with Crippen LogP contribution in [0.1, 0.15) is 22.0 Å². The van der Waals surface area contributed by atoms with Crippen LogP contribution in [-0.4, -0.2) is 18.0 Å². The number of hydrogen-bond donors (Lipinski definition) is 1. The van der Waals surface area contributed by atoms with Gasteiger partial charge in [0.1, 0.15) is 0 Å². The molecule has 1 atom stereocenters. The van der Waals surface area contributed by atoms with E-state index >= 15 is 0 Å². The lowest BCUT2D eigenvalue weighted by atomic mass is 10.0. The Morgan fingerprint density at radius 3 is 2.79 bits per heavy atom. The van der Waals surface area contributed by atoms with Gasteiger partial charge in [-0.3, -0.25) is 4.90 Å². The zero-order valence-electron chi connectivity index (χ0n) is 10.7. The summed E-state index contributed by atoms with van der Waals surface area (Å²) < 4.78 is 0. The molecule has 0 bridgehead atoms. The van der Waals surface area contributed by atoms with E-state index < -0.39 is 0 Å². The lowest BCUT2D eigenvalue weighted by Crippen LogP contribution is -2.37. The number of nitrogens with two attached hydrogens (primary N) is 1. The molecule has 0 saturated heterocycles. The van der Waals surface area contributed by atoms with Crippen molar-refractivity contribution in [2.45, 2.75) is 19.0 Å². The van der Waals surface area contributed by atoms with Crippen molar-refractivity contribution in [2.24, 2.45) is 5.73 Å². The van der Waals surface area contributed by atoms with Crippen molar-refractivity contribution in [2.75, 3.05) is 13.1 Å². The normalized spacial score (nSPS) is 17.2. The van der Waals surface area contributed by atoms with Gasteiger partial charge in [0.2, 0.25) is 0 Å². The van der Waals surface area contributed by atoms with Gasteiger partial charge < -0.3 is 5.73 Å². The summed E-state index contributed by atoms with van der Waals surface area (Å²) in [4.78, 5) is 4.00. The second kappa shape index (κ2) is 5.63. The third-order valence-corrected chi connectivity index (χ3v) is 5.03. The van der Waals surface area contributed by atoms with Crippen LogP contribution < -0.4 is 5.73 Å². The fourth-order valence-corrected chi connectivity index (χ4v) is 3.73. The maximum absolute atomic E-state index is 6.00. The van der Waals surface area contributed by atoms with Gasteiger partial charge in [-0.15, -0.1) is 11.3 Å². The Morgan fingerprint density at radius 1 is 1.26 bits per heavy atom. The average Bonchev–Trinajstić information content (AvgIpc) is 2.89. The molecule has 2 nitrogen and oxygen atoms in total. The van der Waals surface area contributed by atoms with E-state index in [1.807, 2.05) is 23.5 Å². The smallest absolute Gasteiger partial charge is 0.0474 e. The quantitative estimate of drug-likeness (QED) is 0.939. The van der Waals surface area contributed by atoms with Crippen molar-refractivity contribution < 1.29 is 0 Å². The highest BCUT2D eigenvalue weighted by molar-refractivity contribution is 7.10. The van der Waals surface area contributed by atoms with Crippen LogP contribution in [0.5, 0.6) is 0 Å². The first-order valence-corrected chi connectivity index (χ1v) is 7.78. The molecule has 2 N–H and O–H groups in total. The Kier molecular flexibility index (Phi) is 3.89. The van der Waals surface area contributed by atoms with E-state index in [1.165, 1.54) is 16.0 Å². The summed E-state index contributed by atoms with van der Waals surface area (Å²) in [6.07, 6.45) is 1.14. The SMILES string of the molecule is NC[C@@H](c1ccc(Cl)cc1)N1CCc2sccc2C1. The molecule has 0 spiro atoms. The van der Waals surface area contributed by atoms with E-state index in [0.717, 1.165) is 24.5 Å². The van der Waals surface area contributed by atoms with Gasteiger partial charge in [-0.1, -0.05) is 23.7 Å². The van der Waals surface area contributed by atoms with Gasteiger partial charge in [0.05, 0.1) is 0 Å². The monoisotopic (exact) mass is 292 g/mol. The van der Waals surface area contributed by atoms with Gasteiger partial charge in [-0.2, -0.15) is 0 Å². The second-order valence-corrected chi connectivity index (χ2v) is 6.33. The van der Waals surface area contributed by atoms with Gasteiger partial charge >= 0.3 is 0 Å². The molecule has 2 heterocycles. The van der Waals surface area contributed by atoms with Gasteiger partial charge in [0, 0.05) is 35.6 Å². The molecule has 3 rings (SSSR count). The molecule has 0 amide bonds. The van der Waals surface area contributed by atoms with Crippen LogP contribution in [0, 0.1) is 0 Å². The van der Waals surface area contributed by atoms with Gasteiger partial charge in [-0.25, -0.2) is 0 Å². The topological polar surface area (TPSA) is 29.3 Å². The first-order valence-electron chi connectivity index (χ1n) is 6.53. The third kappa shape index (κ3) is 2.70. The molecule has 0 aliphatic carbocycles. The predicted molar refractivity (Wildman–Crippen MR) is 81.7 cm³/mol. The van der Waals surface area contributed by atoms with Crippen molar-refractivity contribution >= 4 is 22.9 Å². The van der Waals surface area contributed by atoms with Crippen LogP contribution in [0.15, 0.2) is 35.7 Å². The molecule has 1 aromatic carbocycles. The first-order chi connectivity index (χ1) is 9.28. The molecule has 1 aromatic heterocycles. The van der Waals surface area contributed by atoms with Crippen molar-refractivity contribution in [3.8, 4) is 0 Å². The number of nitrogens with zero attached hydrogens (tertiary/aromatic N) is 1. The van der Waals surface area contributed by atoms with Crippen LogP contribution >= 0.6 is 22.9 Å². The highest BCUT2D eigenvalue weighted by Gasteiger charge is 2.24. The van der Waals surface area contributed by atoms with E-state index in [9.17, 15) is 0 Å². The van der Waals surface area contributed by atoms with Gasteiger partial charge in [0.25, 0.3) is 0 Å². The Bertz CT molecular complexity index is 550. The lowest BCUT2D eigenvalue weighted by molar-refractivity contribution is 0.185. The highest BCUT2D eigenvalue weighted by atomic mass is 35.5. The number of rotatable bonds is 3. The van der Waals surface area contributed by atoms with E-state index in [-0.39, 0.29) is 6.04 Å². The molecule has 1 aliphatic rings. The van der Waals surface area contributed by atoms with Crippen molar-refractivity contribution in [1.82, 2.24) is 4.90 Å². The summed E-state index contributed by atoms with van der Waals surface area (Å²) in [6, 6.07) is 10.6. The zero-order chi connectivity index (χ0) is 13.2. The fourth-order valence-electron chi connectivity index (χ4n) is 2.72. The average molecular weight is 293 g/mol. The Balaban J connectivity index is 1.82. The van der Waals surface area contributed by atoms with Crippen LogP contribution in [0.4, 0.5) is 0 Å². The summed E-state index contributed by atoms with van der Waals surface area (Å²) in [5, 5.41) is 2.96. The van der Waals surface area contributed by atoms with Crippen LogP contribution in [0.25, 0.3) is 0 Å². The molecule has 0 unspecified atom stereocenters. The largest absolute Gasteiger partial charge is 0.329 e. The summed E-state index contributed by atoms with van der Waals surface area (Å²) in [5.41, 5.74) is 8.71. The number of thiophene rings is 1. The van der Waals surface area contributed by atoms with Gasteiger partial charge in [-0.05, 0) is 41.1 Å². The Morgan fingerprint density at radius 2 is 2.05 bits per heavy atom. The molecule has 0 fully saturated rings. The van der Waals surface area contributed by atoms with Crippen molar-refractivity contribution in [3.63, 3.8) is 0 Å². The van der Waals surface area contributed by atoms with Gasteiger partial charge in [0.15, 0.2) is 0 Å². The molecule has 0 saturated carbocycles. The van der Waals surface area contributed by atoms with Crippen molar-refractivity contribution in [3.05, 3.63) is 56.7 Å². The zero-order valence-corrected chi connectivity index (χ0v) is 12.3. The maximum Gasteiger partial charge on any atom is 0.0474 e. The Labute approximate surface area is 122 Å². The Hall–Kier alpha value is -0.870. The minimum Gasteiger partial charge on any atom is -0.329 e. The molecular formula is C15H17ClN2S. The fraction of sp³-hybridized carbons (Fsp3) is 0.333. The molecule has 0 radical (unpaired) electrons. The molecule has 2 aromatic rings. The van der Waals surface area contributed by atoms with E-state index in [0.29, 0.717) is 6.54 Å². The van der Waals surface area contributed by atoms with E-state index in [1.54, 1.807) is 0 Å². The predicted octanol–water partition coefficient (Wildman–Crippen LogP) is 3.46. The summed E-state index contributed by atoms with van der Waals surface area (Å²) in [5.74, 6) is 0. The van der Waals surface area contributed by atoms with E-state index in [4.69, 9.17) is 17.3 Å². The summed E-state index contributed by atoms with van der Waals surface area (Å²) in [7, 11) is 0. The summed E-state index contributed by atoms with van der Waals surface area (Å²) in [6.45, 7) is 2.72.